The van der Waals surface area contributed by atoms with Crippen LogP contribution < -0.4 is 10.1 Å². The summed E-state index contributed by atoms with van der Waals surface area (Å²) in [6, 6.07) is 13.8. The van der Waals surface area contributed by atoms with Gasteiger partial charge in [0.15, 0.2) is 0 Å². The molecule has 0 aliphatic rings. The van der Waals surface area contributed by atoms with E-state index in [2.05, 4.69) is 23.3 Å². The quantitative estimate of drug-likeness (QED) is 0.905. The van der Waals surface area contributed by atoms with Gasteiger partial charge in [-0.3, -0.25) is 0 Å². The van der Waals surface area contributed by atoms with E-state index in [1.54, 1.807) is 19.4 Å². The summed E-state index contributed by atoms with van der Waals surface area (Å²) in [6.45, 7) is 2.73. The second kappa shape index (κ2) is 6.69. The third-order valence-electron chi connectivity index (χ3n) is 3.16. The van der Waals surface area contributed by atoms with Gasteiger partial charge in [0, 0.05) is 24.3 Å². The zero-order chi connectivity index (χ0) is 14.4. The zero-order valence-electron chi connectivity index (χ0n) is 11.6. The van der Waals surface area contributed by atoms with Gasteiger partial charge in [0.1, 0.15) is 0 Å². The number of hydrogen-bond donors (Lipinski definition) is 1. The third-order valence-corrected chi connectivity index (χ3v) is 3.16. The van der Waals surface area contributed by atoms with Crippen LogP contribution in [-0.4, -0.2) is 12.1 Å². The van der Waals surface area contributed by atoms with Crippen molar-refractivity contribution in [3.63, 3.8) is 0 Å². The molecule has 1 N–H and O–H groups in total. The molecule has 0 aliphatic carbocycles. The topological polar surface area (TPSA) is 57.9 Å². The van der Waals surface area contributed by atoms with Crippen LogP contribution in [-0.2, 0) is 6.54 Å². The van der Waals surface area contributed by atoms with E-state index < -0.39 is 0 Å². The van der Waals surface area contributed by atoms with E-state index in [0.717, 1.165) is 11.1 Å². The van der Waals surface area contributed by atoms with Gasteiger partial charge in [0.05, 0.1) is 18.7 Å². The number of nitrogens with zero attached hydrogens (tertiary/aromatic N) is 2. The highest BCUT2D eigenvalue weighted by atomic mass is 16.5. The minimum absolute atomic E-state index is 0.146. The molecule has 0 saturated heterocycles. The van der Waals surface area contributed by atoms with Gasteiger partial charge in [-0.25, -0.2) is 4.98 Å². The highest BCUT2D eigenvalue weighted by molar-refractivity contribution is 5.34. The van der Waals surface area contributed by atoms with Crippen LogP contribution in [0.3, 0.4) is 0 Å². The molecule has 2 rings (SSSR count). The smallest absolute Gasteiger partial charge is 0.217 e. The van der Waals surface area contributed by atoms with Crippen LogP contribution in [0.4, 0.5) is 0 Å². The lowest BCUT2D eigenvalue weighted by Gasteiger charge is -2.15. The molecular formula is C16H17N3O. The second-order valence-corrected chi connectivity index (χ2v) is 4.51. The number of pyridine rings is 1. The Morgan fingerprint density at radius 2 is 2.20 bits per heavy atom. The summed E-state index contributed by atoms with van der Waals surface area (Å²) in [6.07, 6.45) is 1.71. The average Bonchev–Trinajstić information content (AvgIpc) is 2.52. The number of methoxy groups -OCH3 is 1. The summed E-state index contributed by atoms with van der Waals surface area (Å²) in [4.78, 5) is 4.17. The Labute approximate surface area is 119 Å². The van der Waals surface area contributed by atoms with Crippen LogP contribution in [0.5, 0.6) is 5.88 Å². The SMILES string of the molecule is COc1ncccc1CNC(C)c1cccc(C#N)c1. The van der Waals surface area contributed by atoms with Crippen LogP contribution in [0.1, 0.15) is 29.7 Å². The highest BCUT2D eigenvalue weighted by Crippen LogP contribution is 2.17. The number of rotatable bonds is 5. The van der Waals surface area contributed by atoms with Crippen LogP contribution in [0.15, 0.2) is 42.6 Å². The summed E-state index contributed by atoms with van der Waals surface area (Å²) in [7, 11) is 1.62. The summed E-state index contributed by atoms with van der Waals surface area (Å²) in [5.41, 5.74) is 2.78. The van der Waals surface area contributed by atoms with E-state index in [1.807, 2.05) is 30.3 Å². The van der Waals surface area contributed by atoms with Crippen molar-refractivity contribution >= 4 is 0 Å². The molecule has 0 amide bonds. The first-order valence-corrected chi connectivity index (χ1v) is 6.46. The summed E-state index contributed by atoms with van der Waals surface area (Å²) in [5.74, 6) is 0.637. The van der Waals surface area contributed by atoms with Crippen molar-refractivity contribution in [1.29, 1.82) is 5.26 Å². The van der Waals surface area contributed by atoms with E-state index in [-0.39, 0.29) is 6.04 Å². The Balaban J connectivity index is 2.05. The van der Waals surface area contributed by atoms with Gasteiger partial charge in [0.2, 0.25) is 5.88 Å². The Bertz CT molecular complexity index is 619. The maximum atomic E-state index is 8.92. The van der Waals surface area contributed by atoms with Crippen molar-refractivity contribution in [3.05, 3.63) is 59.3 Å². The lowest BCUT2D eigenvalue weighted by molar-refractivity contribution is 0.389. The molecule has 1 atom stereocenters. The zero-order valence-corrected chi connectivity index (χ0v) is 11.6. The van der Waals surface area contributed by atoms with Crippen LogP contribution >= 0.6 is 0 Å². The highest BCUT2D eigenvalue weighted by Gasteiger charge is 2.08. The molecule has 0 bridgehead atoms. The minimum atomic E-state index is 0.146. The Morgan fingerprint density at radius 3 is 2.95 bits per heavy atom. The molecule has 1 aromatic carbocycles. The van der Waals surface area contributed by atoms with E-state index in [4.69, 9.17) is 10.00 Å². The predicted molar refractivity (Wildman–Crippen MR) is 77.2 cm³/mol. The molecule has 0 radical (unpaired) electrons. The van der Waals surface area contributed by atoms with Crippen molar-refractivity contribution in [2.24, 2.45) is 0 Å². The number of nitriles is 1. The van der Waals surface area contributed by atoms with Gasteiger partial charge >= 0.3 is 0 Å². The Morgan fingerprint density at radius 1 is 1.35 bits per heavy atom. The van der Waals surface area contributed by atoms with Crippen molar-refractivity contribution in [2.45, 2.75) is 19.5 Å². The largest absolute Gasteiger partial charge is 0.481 e. The van der Waals surface area contributed by atoms with Crippen LogP contribution in [0.2, 0.25) is 0 Å². The normalized spacial score (nSPS) is 11.7. The van der Waals surface area contributed by atoms with Gasteiger partial charge in [-0.1, -0.05) is 18.2 Å². The van der Waals surface area contributed by atoms with Crippen LogP contribution in [0, 0.1) is 11.3 Å². The first kappa shape index (κ1) is 14.0. The third kappa shape index (κ3) is 3.34. The standard InChI is InChI=1S/C16H17N3O/c1-12(14-6-3-5-13(9-14)10-17)19-11-15-7-4-8-18-16(15)20-2/h3-9,12,19H,11H2,1-2H3. The number of hydrogen-bond acceptors (Lipinski definition) is 4. The summed E-state index contributed by atoms with van der Waals surface area (Å²) in [5, 5.41) is 12.3. The van der Waals surface area contributed by atoms with Crippen molar-refractivity contribution < 1.29 is 4.74 Å². The number of nitrogens with one attached hydrogen (secondary N) is 1. The Hall–Kier alpha value is -2.38. The molecule has 4 nitrogen and oxygen atoms in total. The first-order chi connectivity index (χ1) is 9.74. The molecule has 0 spiro atoms. The monoisotopic (exact) mass is 267 g/mol. The molecule has 0 fully saturated rings. The lowest BCUT2D eigenvalue weighted by atomic mass is 10.1. The molecule has 4 heteroatoms. The van der Waals surface area contributed by atoms with Gasteiger partial charge in [-0.2, -0.15) is 5.26 Å². The summed E-state index contributed by atoms with van der Waals surface area (Å²) >= 11 is 0. The maximum absolute atomic E-state index is 8.92. The maximum Gasteiger partial charge on any atom is 0.217 e. The molecule has 102 valence electrons. The molecule has 1 heterocycles. The fraction of sp³-hybridized carbons (Fsp3) is 0.250. The molecule has 1 unspecified atom stereocenters. The minimum Gasteiger partial charge on any atom is -0.481 e. The van der Waals surface area contributed by atoms with Crippen molar-refractivity contribution in [1.82, 2.24) is 10.3 Å². The first-order valence-electron chi connectivity index (χ1n) is 6.46. The summed E-state index contributed by atoms with van der Waals surface area (Å²) < 4.78 is 5.23. The average molecular weight is 267 g/mol. The van der Waals surface area contributed by atoms with Gasteiger partial charge < -0.3 is 10.1 Å². The van der Waals surface area contributed by atoms with Crippen molar-refractivity contribution in [2.75, 3.05) is 7.11 Å². The van der Waals surface area contributed by atoms with E-state index in [1.165, 1.54) is 0 Å². The van der Waals surface area contributed by atoms with E-state index in [9.17, 15) is 0 Å². The Kier molecular flexibility index (Phi) is 4.70. The second-order valence-electron chi connectivity index (χ2n) is 4.51. The van der Waals surface area contributed by atoms with E-state index in [0.29, 0.717) is 18.0 Å². The molecule has 2 aromatic rings. The molecule has 0 aliphatic heterocycles. The number of aromatic nitrogens is 1. The predicted octanol–water partition coefficient (Wildman–Crippen LogP) is 2.81. The molecule has 0 saturated carbocycles. The van der Waals surface area contributed by atoms with E-state index >= 15 is 0 Å². The molecule has 1 aromatic heterocycles. The molecular weight excluding hydrogens is 250 g/mol. The number of ether oxygens (including phenoxy) is 1. The fourth-order valence-electron chi connectivity index (χ4n) is 2.00. The van der Waals surface area contributed by atoms with Gasteiger partial charge in [0.25, 0.3) is 0 Å². The van der Waals surface area contributed by atoms with Crippen molar-refractivity contribution in [3.8, 4) is 11.9 Å². The lowest BCUT2D eigenvalue weighted by Crippen LogP contribution is -2.18. The van der Waals surface area contributed by atoms with Gasteiger partial charge in [-0.05, 0) is 30.7 Å². The number of benzene rings is 1. The fourth-order valence-corrected chi connectivity index (χ4v) is 2.00. The molecule has 20 heavy (non-hydrogen) atoms. The van der Waals surface area contributed by atoms with Crippen LogP contribution in [0.25, 0.3) is 0 Å². The van der Waals surface area contributed by atoms with Gasteiger partial charge in [-0.15, -0.1) is 0 Å².